The van der Waals surface area contributed by atoms with Crippen molar-refractivity contribution in [2.24, 2.45) is 0 Å². The first-order valence-corrected chi connectivity index (χ1v) is 29.6. The Balaban J connectivity index is 0.000000136. The molecular weight excluding hydrogens is 1590 g/mol. The third-order valence-corrected chi connectivity index (χ3v) is 13.9. The second-order valence-corrected chi connectivity index (χ2v) is 20.6. The number of oxazole rings is 3. The Kier molecular flexibility index (Phi) is 27.7. The van der Waals surface area contributed by atoms with Gasteiger partial charge in [-0.2, -0.15) is 24.9 Å². The van der Waals surface area contributed by atoms with Crippen molar-refractivity contribution in [3.8, 4) is 0 Å². The Labute approximate surface area is 635 Å². The molecule has 36 nitrogen and oxygen atoms in total. The van der Waals surface area contributed by atoms with Crippen LogP contribution in [0.25, 0.3) is 55.5 Å². The zero-order chi connectivity index (χ0) is 64.1. The first-order valence-electron chi connectivity index (χ1n) is 25.7. The van der Waals surface area contributed by atoms with Gasteiger partial charge >= 0.3 is 34.7 Å². The van der Waals surface area contributed by atoms with E-state index in [1.165, 1.54) is 47.2 Å². The molecule has 20 heterocycles. The first kappa shape index (κ1) is 72.6. The van der Waals surface area contributed by atoms with E-state index in [1.807, 2.05) is 102 Å². The van der Waals surface area contributed by atoms with Crippen LogP contribution in [-0.4, -0.2) is 124 Å². The van der Waals surface area contributed by atoms with E-state index in [-0.39, 0.29) is 104 Å². The number of hydrogen-bond acceptors (Lipinski definition) is 28. The molecule has 473 valence electrons. The van der Waals surface area contributed by atoms with Crippen molar-refractivity contribution in [3.63, 3.8) is 0 Å². The number of rotatable bonds is 0. The zero-order valence-electron chi connectivity index (χ0n) is 48.3. The van der Waals surface area contributed by atoms with Gasteiger partial charge in [0.05, 0.1) is 24.8 Å². The van der Waals surface area contributed by atoms with Crippen LogP contribution in [0.5, 0.6) is 0 Å². The van der Waals surface area contributed by atoms with E-state index in [0.717, 1.165) is 21.5 Å². The maximum absolute atomic E-state index is 10.6. The largest absolute Gasteiger partial charge is 0.432 e. The molecule has 0 atom stereocenters. The molecule has 0 amide bonds. The quantitative estimate of drug-likeness (QED) is 0.160. The van der Waals surface area contributed by atoms with Gasteiger partial charge in [-0.05, 0) is 74.0 Å². The Bertz CT molecular complexity index is 5070. The summed E-state index contributed by atoms with van der Waals surface area (Å²) in [6, 6.07) is 1.89. The number of nitrogens with zero attached hydrogens (tertiary/aromatic N) is 29. The molecule has 20 aromatic heterocycles. The van der Waals surface area contributed by atoms with Gasteiger partial charge in [-0.1, -0.05) is 17.2 Å². The second-order valence-electron chi connectivity index (χ2n) is 16.9. The first-order chi connectivity index (χ1) is 45.5. The van der Waals surface area contributed by atoms with E-state index in [0.29, 0.717) is 42.5 Å². The Morgan fingerprint density at radius 1 is 0.385 bits per heavy atom. The maximum atomic E-state index is 10.6. The molecule has 0 saturated carbocycles. The topological polar surface area (TPSA) is 399 Å². The van der Waals surface area contributed by atoms with E-state index in [9.17, 15) is 14.4 Å². The molecule has 0 bridgehead atoms. The molecule has 1 N–H and O–H groups in total. The van der Waals surface area contributed by atoms with Crippen LogP contribution in [0, 0.1) is 14.3 Å². The molecule has 96 heavy (non-hydrogen) atoms. The van der Waals surface area contributed by atoms with Crippen LogP contribution >= 0.6 is 70.7 Å². The van der Waals surface area contributed by atoms with Crippen molar-refractivity contribution in [2.45, 2.75) is 0 Å². The molecule has 0 aliphatic heterocycles. The van der Waals surface area contributed by atoms with Gasteiger partial charge in [0.25, 0.3) is 5.69 Å². The smallest absolute Gasteiger partial charge is 0.400 e. The minimum atomic E-state index is -0.532. The second kappa shape index (κ2) is 36.6. The summed E-state index contributed by atoms with van der Waals surface area (Å²) >= 11 is 18.8. The molecule has 3 radical (unpaired) electrons. The number of H-pyrrole nitrogens is 1. The Morgan fingerprint density at radius 3 is 1.53 bits per heavy atom. The number of imidazole rings is 7. The molecule has 20 aromatic rings. The van der Waals surface area contributed by atoms with Crippen molar-refractivity contribution in [1.29, 1.82) is 0 Å². The molecule has 0 aliphatic rings. The molecule has 0 aromatic carbocycles. The molecular formula is C51H36N30O6S6Y3-2. The number of hydrogen-bond donors (Lipinski definition) is 1. The van der Waals surface area contributed by atoms with Gasteiger partial charge in [0.1, 0.15) is 61.3 Å². The fourth-order valence-corrected chi connectivity index (χ4v) is 9.42. The minimum absolute atomic E-state index is 0. The summed E-state index contributed by atoms with van der Waals surface area (Å²) in [5.74, 6) is 4.01. The monoisotopic (exact) mass is 1620 g/mol. The van der Waals surface area contributed by atoms with Crippen LogP contribution in [0.4, 0.5) is 0 Å². The summed E-state index contributed by atoms with van der Waals surface area (Å²) in [7, 11) is 0. The average molecular weight is 1620 g/mol. The molecule has 45 heteroatoms. The van der Waals surface area contributed by atoms with Crippen LogP contribution in [-0.2, 0) is 98.1 Å². The molecule has 0 unspecified atom stereocenters. The maximum Gasteiger partial charge on any atom is 0.400 e. The third-order valence-electron chi connectivity index (χ3n) is 11.0. The third kappa shape index (κ3) is 20.7. The van der Waals surface area contributed by atoms with Gasteiger partial charge in [0, 0.05) is 200 Å². The van der Waals surface area contributed by atoms with Gasteiger partial charge in [0.15, 0.2) is 14.9 Å². The summed E-state index contributed by atoms with van der Waals surface area (Å²) in [4.78, 5) is 109. The van der Waals surface area contributed by atoms with E-state index >= 15 is 0 Å². The number of nitrogens with one attached hydrogen (secondary N) is 1. The van der Waals surface area contributed by atoms with E-state index in [2.05, 4.69) is 99.7 Å². The number of aromatic amines is 1. The van der Waals surface area contributed by atoms with Gasteiger partial charge in [-0.3, -0.25) is 31.2 Å². The summed E-state index contributed by atoms with van der Waals surface area (Å²) in [5, 5.41) is 5.81. The normalized spacial score (nSPS) is 10.1. The molecule has 0 fully saturated rings. The van der Waals surface area contributed by atoms with Crippen molar-refractivity contribution >= 4 is 126 Å². The van der Waals surface area contributed by atoms with Gasteiger partial charge in [-0.25, -0.2) is 48.9 Å². The minimum Gasteiger partial charge on any atom is -0.432 e. The van der Waals surface area contributed by atoms with Crippen LogP contribution in [0.1, 0.15) is 0 Å². The SMILES string of the molecule is O=c1ncn2cc[n-]c2n1.O=c1ncn2ccoc2n1.O=c1ncn2ccsc2n1.S=c1ncn2cc[n-]c2n1.S=c1ncn2ccoc2n1.S=c1ncn2ccsc2n1.[Y].[Y].[Y].c1cn2cc[n-]c2n1.c1cn2ccoc2n1.c1cn2ccsc2n1.c1cnc2[nH]cc[n+]2c1. The standard InChI is InChI=1S/C6H5N3.C5H4N4O.C5H4N4S.C5H3N3O2.2C5H3N3OS.C5H3N3S2.C5H4N3.C5H4N2O.C5H4N2S.3Y/c1-2-7-6-8-3-5-9(6)4-1;2*10-5-7-3-9-2-1-6-4(9)8-5;2*9-4-6-3-8-1-2-10-5(8)7-4;10-4-6-3-8-1-2-9-5(8)7-4;9-4-6-3-8-1-2-10-5(8)7-4;1-3-8-4-2-7-5(8)6-1;2*1-2-7-3-4-8-5(7)6-1;;;/h1-5H;2*1-3H,(H,6,8,10);4*1-3H;3*1-4H;;;/q;;;;;;;-1;;;;;/p-1. The predicted molar refractivity (Wildman–Crippen MR) is 337 cm³/mol. The van der Waals surface area contributed by atoms with Crippen molar-refractivity contribution < 1.29 is 116 Å². The zero-order valence-corrected chi connectivity index (χ0v) is 61.7. The average Bonchev–Trinajstić information content (AvgIpc) is 2.48. The van der Waals surface area contributed by atoms with E-state index in [4.69, 9.17) is 49.9 Å². The van der Waals surface area contributed by atoms with Crippen molar-refractivity contribution in [3.05, 3.63) is 261 Å². The number of fused-ring (bicyclic) bond motifs is 10. The van der Waals surface area contributed by atoms with Crippen molar-refractivity contribution in [2.75, 3.05) is 0 Å². The number of aromatic nitrogens is 30. The Morgan fingerprint density at radius 2 is 0.865 bits per heavy atom. The Hall–Kier alpha value is -9.20. The molecule has 0 spiro atoms. The fourth-order valence-electron chi connectivity index (χ4n) is 6.94. The van der Waals surface area contributed by atoms with E-state index in [1.54, 1.807) is 144 Å². The predicted octanol–water partition coefficient (Wildman–Crippen LogP) is 4.62. The van der Waals surface area contributed by atoms with Gasteiger partial charge < -0.3 is 56.4 Å². The fraction of sp³-hybridized carbons (Fsp3) is 0. The molecule has 20 rings (SSSR count). The number of thiazole rings is 3. The van der Waals surface area contributed by atoms with Crippen molar-refractivity contribution in [1.82, 2.24) is 139 Å². The summed E-state index contributed by atoms with van der Waals surface area (Å²) in [6.45, 7) is 0. The van der Waals surface area contributed by atoms with Crippen LogP contribution in [0.15, 0.2) is 243 Å². The summed E-state index contributed by atoms with van der Waals surface area (Å²) in [6.07, 6.45) is 53.0. The van der Waals surface area contributed by atoms with Gasteiger partial charge in [0.2, 0.25) is 9.54 Å². The molecule has 0 aliphatic carbocycles. The van der Waals surface area contributed by atoms with Crippen LogP contribution in [0.2, 0.25) is 0 Å². The van der Waals surface area contributed by atoms with Crippen LogP contribution in [0.3, 0.4) is 0 Å². The van der Waals surface area contributed by atoms with E-state index < -0.39 is 17.1 Å². The molecule has 0 saturated heterocycles. The van der Waals surface area contributed by atoms with Crippen LogP contribution < -0.4 is 36.4 Å². The van der Waals surface area contributed by atoms with Gasteiger partial charge in [-0.15, -0.1) is 39.0 Å². The summed E-state index contributed by atoms with van der Waals surface area (Å²) < 4.78 is 33.2. The summed E-state index contributed by atoms with van der Waals surface area (Å²) in [5.41, 5.74) is -1.46.